The van der Waals surface area contributed by atoms with Crippen molar-refractivity contribution >= 4 is 29.6 Å². The zero-order chi connectivity index (χ0) is 14.2. The van der Waals surface area contributed by atoms with Crippen molar-refractivity contribution in [1.29, 1.82) is 0 Å². The van der Waals surface area contributed by atoms with Gasteiger partial charge in [-0.05, 0) is 5.57 Å². The molecule has 0 aromatic heterocycles. The number of ether oxygens (including phenoxy) is 1. The third-order valence-electron chi connectivity index (χ3n) is 3.08. The number of thioether (sulfide) groups is 1. The predicted octanol–water partition coefficient (Wildman–Crippen LogP) is -0.622. The summed E-state index contributed by atoms with van der Waals surface area (Å²) in [6, 6.07) is 0. The molecule has 7 nitrogen and oxygen atoms in total. The standard InChI is InChI=1S/C11H14N2O5S/c1-5(14)18-3-6-4-19-10-8(11(16)17)9(15)13(10)7(6)2-12/h8,10H,2-4,12H2,1H3,(H,16,17)/t8-,10-/m1/s1. The molecule has 0 unspecified atom stereocenters. The number of rotatable bonds is 4. The molecule has 0 bridgehead atoms. The lowest BCUT2D eigenvalue weighted by molar-refractivity contribution is -0.162. The molecule has 1 saturated heterocycles. The van der Waals surface area contributed by atoms with Gasteiger partial charge >= 0.3 is 11.9 Å². The Kier molecular flexibility index (Phi) is 3.81. The van der Waals surface area contributed by atoms with Crippen LogP contribution in [0.3, 0.4) is 0 Å². The minimum atomic E-state index is -1.11. The van der Waals surface area contributed by atoms with Crippen LogP contribution < -0.4 is 5.73 Å². The topological polar surface area (TPSA) is 110 Å². The second-order valence-electron chi connectivity index (χ2n) is 4.26. The van der Waals surface area contributed by atoms with Crippen molar-refractivity contribution in [3.8, 4) is 0 Å². The SMILES string of the molecule is CC(=O)OCC1=C(CN)N2C(=O)[C@@H](C(=O)O)[C@H]2SC1. The normalized spacial score (nSPS) is 25.8. The summed E-state index contributed by atoms with van der Waals surface area (Å²) in [4.78, 5) is 35.0. The number of nitrogens with zero attached hydrogens (tertiary/aromatic N) is 1. The number of nitrogens with two attached hydrogens (primary N) is 1. The average Bonchev–Trinajstić information content (AvgIpc) is 2.34. The number of carboxylic acids is 1. The molecule has 2 atom stereocenters. The molecule has 0 spiro atoms. The molecule has 3 N–H and O–H groups in total. The summed E-state index contributed by atoms with van der Waals surface area (Å²) in [5.74, 6) is -2.46. The summed E-state index contributed by atoms with van der Waals surface area (Å²) in [7, 11) is 0. The second-order valence-corrected chi connectivity index (χ2v) is 5.37. The molecule has 2 aliphatic heterocycles. The van der Waals surface area contributed by atoms with Gasteiger partial charge in [0.1, 0.15) is 12.0 Å². The fourth-order valence-corrected chi connectivity index (χ4v) is 3.57. The fraction of sp³-hybridized carbons (Fsp3) is 0.545. The molecule has 2 rings (SSSR count). The van der Waals surface area contributed by atoms with E-state index in [1.54, 1.807) is 0 Å². The van der Waals surface area contributed by atoms with Crippen LogP contribution in [0.4, 0.5) is 0 Å². The van der Waals surface area contributed by atoms with Crippen LogP contribution in [0.5, 0.6) is 0 Å². The Morgan fingerprint density at radius 2 is 2.26 bits per heavy atom. The van der Waals surface area contributed by atoms with E-state index in [1.807, 2.05) is 0 Å². The van der Waals surface area contributed by atoms with E-state index in [2.05, 4.69) is 0 Å². The summed E-state index contributed by atoms with van der Waals surface area (Å²) in [5.41, 5.74) is 6.96. The Morgan fingerprint density at radius 1 is 1.58 bits per heavy atom. The molecule has 0 aromatic carbocycles. The van der Waals surface area contributed by atoms with Gasteiger partial charge in [0, 0.05) is 24.9 Å². The number of aliphatic carboxylic acids is 1. The molecule has 19 heavy (non-hydrogen) atoms. The Balaban J connectivity index is 2.18. The molecule has 2 aliphatic rings. The number of carboxylic acid groups (broad SMARTS) is 1. The van der Waals surface area contributed by atoms with Gasteiger partial charge in [0.25, 0.3) is 0 Å². The number of β-lactam (4-membered cyclic amide) rings is 1. The van der Waals surface area contributed by atoms with Crippen LogP contribution >= 0.6 is 11.8 Å². The molecule has 0 aromatic rings. The summed E-state index contributed by atoms with van der Waals surface area (Å²) < 4.78 is 4.91. The fourth-order valence-electron chi connectivity index (χ4n) is 2.15. The van der Waals surface area contributed by atoms with Gasteiger partial charge in [0.2, 0.25) is 5.91 Å². The number of carbonyl (C=O) groups excluding carboxylic acids is 2. The molecule has 0 saturated carbocycles. The van der Waals surface area contributed by atoms with Gasteiger partial charge in [-0.25, -0.2) is 0 Å². The van der Waals surface area contributed by atoms with Crippen molar-refractivity contribution in [2.75, 3.05) is 18.9 Å². The maximum absolute atomic E-state index is 11.8. The predicted molar refractivity (Wildman–Crippen MR) is 66.9 cm³/mol. The molecule has 2 heterocycles. The monoisotopic (exact) mass is 286 g/mol. The highest BCUT2D eigenvalue weighted by atomic mass is 32.2. The zero-order valence-corrected chi connectivity index (χ0v) is 11.1. The number of fused-ring (bicyclic) bond motifs is 1. The molecule has 1 amide bonds. The van der Waals surface area contributed by atoms with Crippen molar-refractivity contribution in [2.24, 2.45) is 11.7 Å². The van der Waals surface area contributed by atoms with Gasteiger partial charge in [-0.2, -0.15) is 0 Å². The van der Waals surface area contributed by atoms with Gasteiger partial charge < -0.3 is 20.5 Å². The first-order chi connectivity index (χ1) is 8.97. The quantitative estimate of drug-likeness (QED) is 0.402. The minimum Gasteiger partial charge on any atom is -0.481 e. The lowest BCUT2D eigenvalue weighted by Gasteiger charge is -2.48. The van der Waals surface area contributed by atoms with Crippen molar-refractivity contribution in [2.45, 2.75) is 12.3 Å². The van der Waals surface area contributed by atoms with Crippen LogP contribution in [0.25, 0.3) is 0 Å². The Bertz CT molecular complexity index is 476. The average molecular weight is 286 g/mol. The van der Waals surface area contributed by atoms with Crippen LogP contribution in [0.1, 0.15) is 6.92 Å². The zero-order valence-electron chi connectivity index (χ0n) is 10.3. The molecular formula is C11H14N2O5S. The lowest BCUT2D eigenvalue weighted by Crippen LogP contribution is -2.63. The van der Waals surface area contributed by atoms with E-state index in [-0.39, 0.29) is 13.2 Å². The van der Waals surface area contributed by atoms with Crippen LogP contribution in [-0.2, 0) is 19.1 Å². The van der Waals surface area contributed by atoms with E-state index >= 15 is 0 Å². The maximum atomic E-state index is 11.8. The van der Waals surface area contributed by atoms with Gasteiger partial charge in [-0.3, -0.25) is 14.4 Å². The van der Waals surface area contributed by atoms with Gasteiger partial charge in [0.05, 0.1) is 0 Å². The van der Waals surface area contributed by atoms with Crippen LogP contribution in [0.2, 0.25) is 0 Å². The van der Waals surface area contributed by atoms with Gasteiger partial charge in [-0.1, -0.05) is 0 Å². The van der Waals surface area contributed by atoms with E-state index in [1.165, 1.54) is 23.6 Å². The first-order valence-electron chi connectivity index (χ1n) is 5.69. The number of esters is 1. The molecule has 1 fully saturated rings. The summed E-state index contributed by atoms with van der Waals surface area (Å²) >= 11 is 1.35. The molecule has 8 heteroatoms. The highest BCUT2D eigenvalue weighted by molar-refractivity contribution is 8.00. The number of carbonyl (C=O) groups is 3. The molecule has 104 valence electrons. The number of amides is 1. The highest BCUT2D eigenvalue weighted by Crippen LogP contribution is 2.43. The van der Waals surface area contributed by atoms with Crippen molar-refractivity contribution in [3.63, 3.8) is 0 Å². The molecule has 0 aliphatic carbocycles. The Labute approximate surface area is 113 Å². The van der Waals surface area contributed by atoms with E-state index in [4.69, 9.17) is 15.6 Å². The van der Waals surface area contributed by atoms with Crippen LogP contribution in [-0.4, -0.2) is 52.1 Å². The lowest BCUT2D eigenvalue weighted by atomic mass is 9.96. The van der Waals surface area contributed by atoms with Crippen LogP contribution in [0.15, 0.2) is 11.3 Å². The highest BCUT2D eigenvalue weighted by Gasteiger charge is 2.55. The first kappa shape index (κ1) is 13.9. The largest absolute Gasteiger partial charge is 0.481 e. The number of hydrogen-bond acceptors (Lipinski definition) is 6. The van der Waals surface area contributed by atoms with Crippen molar-refractivity contribution in [3.05, 3.63) is 11.3 Å². The van der Waals surface area contributed by atoms with Crippen LogP contribution in [0, 0.1) is 5.92 Å². The summed E-state index contributed by atoms with van der Waals surface area (Å²) in [6.45, 7) is 1.51. The Hall–Kier alpha value is -1.54. The van der Waals surface area contributed by atoms with E-state index in [9.17, 15) is 14.4 Å². The molecule has 0 radical (unpaired) electrons. The Morgan fingerprint density at radius 3 is 2.79 bits per heavy atom. The smallest absolute Gasteiger partial charge is 0.319 e. The summed E-state index contributed by atoms with van der Waals surface area (Å²) in [5, 5.41) is 8.57. The van der Waals surface area contributed by atoms with Crippen molar-refractivity contribution < 1.29 is 24.2 Å². The molecular weight excluding hydrogens is 272 g/mol. The second kappa shape index (κ2) is 5.22. The van der Waals surface area contributed by atoms with E-state index in [0.29, 0.717) is 11.4 Å². The van der Waals surface area contributed by atoms with Crippen molar-refractivity contribution in [1.82, 2.24) is 4.90 Å². The van der Waals surface area contributed by atoms with Gasteiger partial charge in [0.15, 0.2) is 5.92 Å². The van der Waals surface area contributed by atoms with E-state index < -0.39 is 29.1 Å². The minimum absolute atomic E-state index is 0.0864. The first-order valence-corrected chi connectivity index (χ1v) is 6.74. The maximum Gasteiger partial charge on any atom is 0.319 e. The third-order valence-corrected chi connectivity index (χ3v) is 4.42. The summed E-state index contributed by atoms with van der Waals surface area (Å²) in [6.07, 6.45) is 0. The third kappa shape index (κ3) is 2.33. The van der Waals surface area contributed by atoms with Gasteiger partial charge in [-0.15, -0.1) is 11.8 Å². The van der Waals surface area contributed by atoms with E-state index in [0.717, 1.165) is 5.57 Å². The number of hydrogen-bond donors (Lipinski definition) is 2.